The molecule has 4 nitrogen and oxygen atoms in total. The highest BCUT2D eigenvalue weighted by Gasteiger charge is 2.12. The molecule has 104 valence electrons. The van der Waals surface area contributed by atoms with Gasteiger partial charge in [0, 0.05) is 12.5 Å². The summed E-state index contributed by atoms with van der Waals surface area (Å²) in [6.07, 6.45) is 0. The summed E-state index contributed by atoms with van der Waals surface area (Å²) in [5.74, 6) is -0.0427. The molecule has 3 N–H and O–H groups in total. The molecule has 0 saturated heterocycles. The number of carbonyl (C=O) groups is 1. The van der Waals surface area contributed by atoms with Crippen molar-refractivity contribution in [1.29, 1.82) is 0 Å². The molecule has 0 saturated carbocycles. The number of para-hydroxylation sites is 1. The maximum atomic E-state index is 11.9. The molecular weight excluding hydrogens is 282 g/mol. The van der Waals surface area contributed by atoms with Gasteiger partial charge >= 0.3 is 0 Å². The summed E-state index contributed by atoms with van der Waals surface area (Å²) in [6, 6.07) is 7.13. The number of nitrogens with zero attached hydrogens (tertiary/aromatic N) is 1. The van der Waals surface area contributed by atoms with E-state index in [-0.39, 0.29) is 18.4 Å². The molecule has 0 aromatic heterocycles. The summed E-state index contributed by atoms with van der Waals surface area (Å²) in [7, 11) is 1.85. The van der Waals surface area contributed by atoms with E-state index in [1.807, 2.05) is 31.0 Å². The van der Waals surface area contributed by atoms with Gasteiger partial charge in [0.25, 0.3) is 0 Å². The van der Waals surface area contributed by atoms with Crippen LogP contribution in [0.15, 0.2) is 24.3 Å². The van der Waals surface area contributed by atoms with E-state index in [9.17, 15) is 4.79 Å². The van der Waals surface area contributed by atoms with E-state index in [0.717, 1.165) is 0 Å². The van der Waals surface area contributed by atoms with E-state index >= 15 is 0 Å². The first-order chi connectivity index (χ1) is 8.90. The van der Waals surface area contributed by atoms with Gasteiger partial charge in [-0.05, 0) is 19.2 Å². The number of carbonyl (C=O) groups excluding carboxylic acids is 1. The molecule has 0 heterocycles. The molecule has 0 aliphatic carbocycles. The Bertz CT molecular complexity index is 467. The number of thiocarbonyl (C=S) groups is 1. The van der Waals surface area contributed by atoms with E-state index in [1.54, 1.807) is 12.1 Å². The van der Waals surface area contributed by atoms with Gasteiger partial charge in [0.15, 0.2) is 0 Å². The van der Waals surface area contributed by atoms with Gasteiger partial charge in [-0.1, -0.05) is 42.9 Å². The minimum atomic E-state index is -0.120. The fourth-order valence-electron chi connectivity index (χ4n) is 1.62. The quantitative estimate of drug-likeness (QED) is 0.790. The standard InChI is InChI=1S/C13H18ClN3OS/c1-9(13(15)19)7-17(2)8-12(18)16-11-6-4-3-5-10(11)14/h3-6,9H,7-8H2,1-2H3,(H2,15,19)(H,16,18). The van der Waals surface area contributed by atoms with Gasteiger partial charge in [-0.2, -0.15) is 0 Å². The molecule has 0 radical (unpaired) electrons. The zero-order valence-corrected chi connectivity index (χ0v) is 12.6. The van der Waals surface area contributed by atoms with Gasteiger partial charge in [0.05, 0.1) is 22.2 Å². The molecule has 0 aliphatic heterocycles. The molecule has 0 aliphatic rings. The van der Waals surface area contributed by atoms with Gasteiger partial charge in [-0.15, -0.1) is 0 Å². The van der Waals surface area contributed by atoms with E-state index in [0.29, 0.717) is 22.2 Å². The van der Waals surface area contributed by atoms with Crippen molar-refractivity contribution in [2.45, 2.75) is 6.92 Å². The second kappa shape index (κ2) is 7.43. The van der Waals surface area contributed by atoms with Crippen LogP contribution in [0.3, 0.4) is 0 Å². The lowest BCUT2D eigenvalue weighted by molar-refractivity contribution is -0.117. The zero-order chi connectivity index (χ0) is 14.4. The molecule has 0 fully saturated rings. The average molecular weight is 300 g/mol. The Morgan fingerprint density at radius 2 is 2.16 bits per heavy atom. The third-order valence-corrected chi connectivity index (χ3v) is 3.36. The van der Waals surface area contributed by atoms with E-state index in [4.69, 9.17) is 29.6 Å². The van der Waals surface area contributed by atoms with Crippen LogP contribution >= 0.6 is 23.8 Å². The second-order valence-electron chi connectivity index (χ2n) is 4.53. The number of hydrogen-bond acceptors (Lipinski definition) is 3. The summed E-state index contributed by atoms with van der Waals surface area (Å²) in [6.45, 7) is 2.84. The Morgan fingerprint density at radius 1 is 1.53 bits per heavy atom. The second-order valence-corrected chi connectivity index (χ2v) is 5.41. The molecule has 0 spiro atoms. The Morgan fingerprint density at radius 3 is 2.74 bits per heavy atom. The number of halogens is 1. The highest BCUT2D eigenvalue weighted by atomic mass is 35.5. The minimum Gasteiger partial charge on any atom is -0.393 e. The fourth-order valence-corrected chi connectivity index (χ4v) is 1.88. The molecule has 19 heavy (non-hydrogen) atoms. The summed E-state index contributed by atoms with van der Waals surface area (Å²) in [4.78, 5) is 14.2. The van der Waals surface area contributed by atoms with Crippen LogP contribution in [0.2, 0.25) is 5.02 Å². The lowest BCUT2D eigenvalue weighted by Gasteiger charge is -2.20. The van der Waals surface area contributed by atoms with Crippen LogP contribution in [0.5, 0.6) is 0 Å². The molecule has 6 heteroatoms. The van der Waals surface area contributed by atoms with Crippen molar-refractivity contribution in [3.05, 3.63) is 29.3 Å². The lowest BCUT2D eigenvalue weighted by Crippen LogP contribution is -2.36. The first-order valence-corrected chi connectivity index (χ1v) is 6.71. The first kappa shape index (κ1) is 15.9. The minimum absolute atomic E-state index is 0.0770. The van der Waals surface area contributed by atoms with Crippen molar-refractivity contribution in [2.24, 2.45) is 11.7 Å². The Hall–Kier alpha value is -1.17. The number of nitrogens with one attached hydrogen (secondary N) is 1. The number of rotatable bonds is 6. The van der Waals surface area contributed by atoms with Crippen molar-refractivity contribution in [2.75, 3.05) is 25.5 Å². The van der Waals surface area contributed by atoms with Gasteiger partial charge < -0.3 is 11.1 Å². The van der Waals surface area contributed by atoms with Crippen molar-refractivity contribution in [3.8, 4) is 0 Å². The predicted molar refractivity (Wildman–Crippen MR) is 83.5 cm³/mol. The van der Waals surface area contributed by atoms with E-state index < -0.39 is 0 Å². The number of anilines is 1. The monoisotopic (exact) mass is 299 g/mol. The molecule has 0 bridgehead atoms. The Balaban J connectivity index is 2.47. The third kappa shape index (κ3) is 5.55. The van der Waals surface area contributed by atoms with Crippen LogP contribution < -0.4 is 11.1 Å². The Labute approximate surface area is 123 Å². The van der Waals surface area contributed by atoms with Crippen LogP contribution in [-0.2, 0) is 4.79 Å². The van der Waals surface area contributed by atoms with E-state index in [1.165, 1.54) is 0 Å². The Kier molecular flexibility index (Phi) is 6.21. The number of benzene rings is 1. The SMILES string of the molecule is CC(CN(C)CC(=O)Nc1ccccc1Cl)C(N)=S. The van der Waals surface area contributed by atoms with Crippen molar-refractivity contribution < 1.29 is 4.79 Å². The lowest BCUT2D eigenvalue weighted by atomic mass is 10.2. The smallest absolute Gasteiger partial charge is 0.238 e. The van der Waals surface area contributed by atoms with Crippen LogP contribution in [-0.4, -0.2) is 35.9 Å². The maximum absolute atomic E-state index is 11.9. The fraction of sp³-hybridized carbons (Fsp3) is 0.385. The molecule has 1 unspecified atom stereocenters. The molecule has 1 rings (SSSR count). The molecule has 1 atom stereocenters. The van der Waals surface area contributed by atoms with Crippen molar-refractivity contribution >= 4 is 40.4 Å². The van der Waals surface area contributed by atoms with Gasteiger partial charge in [0.1, 0.15) is 0 Å². The third-order valence-electron chi connectivity index (χ3n) is 2.63. The molecule has 1 aromatic carbocycles. The number of likely N-dealkylation sites (N-methyl/N-ethyl adjacent to an activating group) is 1. The van der Waals surface area contributed by atoms with Gasteiger partial charge in [0.2, 0.25) is 5.91 Å². The van der Waals surface area contributed by atoms with Crippen LogP contribution in [0.1, 0.15) is 6.92 Å². The number of nitrogens with two attached hydrogens (primary N) is 1. The molecule has 1 amide bonds. The van der Waals surface area contributed by atoms with E-state index in [2.05, 4.69) is 5.32 Å². The highest BCUT2D eigenvalue weighted by Crippen LogP contribution is 2.20. The largest absolute Gasteiger partial charge is 0.393 e. The molecule has 1 aromatic rings. The molecular formula is C13H18ClN3OS. The normalized spacial score (nSPS) is 12.2. The van der Waals surface area contributed by atoms with Crippen molar-refractivity contribution in [3.63, 3.8) is 0 Å². The van der Waals surface area contributed by atoms with Crippen LogP contribution in [0.4, 0.5) is 5.69 Å². The summed E-state index contributed by atoms with van der Waals surface area (Å²) < 4.78 is 0. The summed E-state index contributed by atoms with van der Waals surface area (Å²) in [5.41, 5.74) is 6.16. The average Bonchev–Trinajstić information content (AvgIpc) is 2.31. The topological polar surface area (TPSA) is 58.4 Å². The van der Waals surface area contributed by atoms with Crippen molar-refractivity contribution in [1.82, 2.24) is 4.90 Å². The van der Waals surface area contributed by atoms with Gasteiger partial charge in [-0.25, -0.2) is 0 Å². The summed E-state index contributed by atoms with van der Waals surface area (Å²) >= 11 is 10.9. The first-order valence-electron chi connectivity index (χ1n) is 5.92. The summed E-state index contributed by atoms with van der Waals surface area (Å²) in [5, 5.41) is 3.29. The highest BCUT2D eigenvalue weighted by molar-refractivity contribution is 7.80. The zero-order valence-electron chi connectivity index (χ0n) is 11.0. The number of amides is 1. The van der Waals surface area contributed by atoms with Crippen LogP contribution in [0, 0.1) is 5.92 Å². The maximum Gasteiger partial charge on any atom is 0.238 e. The van der Waals surface area contributed by atoms with Crippen LogP contribution in [0.25, 0.3) is 0 Å². The number of hydrogen-bond donors (Lipinski definition) is 2. The van der Waals surface area contributed by atoms with Gasteiger partial charge in [-0.3, -0.25) is 9.69 Å². The predicted octanol–water partition coefficient (Wildman–Crippen LogP) is 2.13.